The van der Waals surface area contributed by atoms with Crippen molar-refractivity contribution in [2.24, 2.45) is 10.7 Å². The van der Waals surface area contributed by atoms with Crippen molar-refractivity contribution in [1.29, 1.82) is 0 Å². The highest BCUT2D eigenvalue weighted by Gasteiger charge is 2.27. The molecule has 0 aliphatic carbocycles. The zero-order valence-electron chi connectivity index (χ0n) is 7.60. The number of nitrogens with one attached hydrogen (secondary N) is 1. The highest BCUT2D eigenvalue weighted by atomic mass is 32.2. The van der Waals surface area contributed by atoms with Crippen LogP contribution < -0.4 is 11.1 Å². The first kappa shape index (κ1) is 8.37. The van der Waals surface area contributed by atoms with E-state index in [9.17, 15) is 4.79 Å². The van der Waals surface area contributed by atoms with Crippen LogP contribution in [0.2, 0.25) is 0 Å². The Balaban J connectivity index is 2.48. The number of carbonyl (C=O) groups is 1. The van der Waals surface area contributed by atoms with Gasteiger partial charge in [-0.05, 0) is 6.07 Å². The Morgan fingerprint density at radius 2 is 2.40 bits per heavy atom. The SMILES string of the molecule is NC(=O)[s+]1cc2c3c(ccnc31)NC=N2. The molecule has 3 rings (SSSR count). The largest absolute Gasteiger partial charge is 0.455 e. The Labute approximate surface area is 87.6 Å². The number of rotatable bonds is 1. The summed E-state index contributed by atoms with van der Waals surface area (Å²) in [6.45, 7) is 0. The standard InChI is InChI=1S/C9H6N4OS/c10-9(14)15-3-6-7-5(12-4-13-6)1-2-11-8(7)15/h1-4H,(H2-,10,11,12,13,14)/p+1. The molecule has 0 spiro atoms. The van der Waals surface area contributed by atoms with E-state index in [1.807, 2.05) is 6.07 Å². The van der Waals surface area contributed by atoms with Gasteiger partial charge in [0.15, 0.2) is 5.38 Å². The topological polar surface area (TPSA) is 80.4 Å². The molecule has 74 valence electrons. The Morgan fingerprint density at radius 1 is 1.53 bits per heavy atom. The molecule has 3 N–H and O–H groups in total. The Hall–Kier alpha value is -1.95. The predicted molar refractivity (Wildman–Crippen MR) is 61.0 cm³/mol. The first-order valence-corrected chi connectivity index (χ1v) is 5.59. The van der Waals surface area contributed by atoms with Gasteiger partial charge in [-0.25, -0.2) is 14.8 Å². The summed E-state index contributed by atoms with van der Waals surface area (Å²) in [6, 6.07) is 1.85. The number of amides is 1. The minimum atomic E-state index is -0.742. The van der Waals surface area contributed by atoms with Gasteiger partial charge in [-0.1, -0.05) is 0 Å². The van der Waals surface area contributed by atoms with Gasteiger partial charge in [0.25, 0.3) is 4.83 Å². The molecule has 15 heavy (non-hydrogen) atoms. The zero-order valence-corrected chi connectivity index (χ0v) is 8.41. The van der Waals surface area contributed by atoms with E-state index in [4.69, 9.17) is 5.73 Å². The number of hydrogen-bond acceptors (Lipinski definition) is 4. The van der Waals surface area contributed by atoms with Crippen molar-refractivity contribution in [2.75, 3.05) is 5.32 Å². The summed E-state index contributed by atoms with van der Waals surface area (Å²) >= 11 is 0. The molecular weight excluding hydrogens is 212 g/mol. The molecule has 2 aromatic rings. The number of hydrogen-bond donors (Lipinski definition) is 2. The van der Waals surface area contributed by atoms with Crippen LogP contribution >= 0.6 is 10.5 Å². The predicted octanol–water partition coefficient (Wildman–Crippen LogP) is 2.00. The van der Waals surface area contributed by atoms with Gasteiger partial charge in [0.05, 0.1) is 12.0 Å². The summed E-state index contributed by atoms with van der Waals surface area (Å²) in [7, 11) is -0.742. The lowest BCUT2D eigenvalue weighted by atomic mass is 10.2. The van der Waals surface area contributed by atoms with Crippen LogP contribution in [0.5, 0.6) is 0 Å². The first-order chi connectivity index (χ1) is 7.27. The molecule has 0 saturated carbocycles. The molecule has 2 aromatic heterocycles. The summed E-state index contributed by atoms with van der Waals surface area (Å²) in [5.41, 5.74) is 7.03. The number of pyridine rings is 1. The number of anilines is 1. The van der Waals surface area contributed by atoms with Crippen molar-refractivity contribution >= 4 is 43.6 Å². The van der Waals surface area contributed by atoms with Crippen molar-refractivity contribution in [2.45, 2.75) is 0 Å². The average Bonchev–Trinajstić information content (AvgIpc) is 2.61. The van der Waals surface area contributed by atoms with Gasteiger partial charge < -0.3 is 11.1 Å². The number of thiophene rings is 1. The van der Waals surface area contributed by atoms with E-state index in [-0.39, 0.29) is 5.24 Å². The molecule has 1 atom stereocenters. The third kappa shape index (κ3) is 1.05. The van der Waals surface area contributed by atoms with Crippen LogP contribution in [0.4, 0.5) is 16.2 Å². The molecule has 0 radical (unpaired) electrons. The molecular formula is C9H7N4OS+. The van der Waals surface area contributed by atoms with Gasteiger partial charge in [0.1, 0.15) is 21.5 Å². The van der Waals surface area contributed by atoms with Gasteiger partial charge >= 0.3 is 5.24 Å². The van der Waals surface area contributed by atoms with Gasteiger partial charge in [-0.3, -0.25) is 0 Å². The molecule has 0 bridgehead atoms. The Bertz CT molecular complexity index is 601. The zero-order chi connectivity index (χ0) is 10.4. The lowest BCUT2D eigenvalue weighted by molar-refractivity contribution is 0.266. The second-order valence-corrected chi connectivity index (χ2v) is 4.80. The third-order valence-electron chi connectivity index (χ3n) is 2.25. The van der Waals surface area contributed by atoms with Crippen molar-refractivity contribution in [3.63, 3.8) is 0 Å². The minimum Gasteiger partial charge on any atom is -0.346 e. The molecule has 6 heteroatoms. The normalized spacial score (nSPS) is 14.0. The summed E-state index contributed by atoms with van der Waals surface area (Å²) in [6.07, 6.45) is 3.27. The fourth-order valence-electron chi connectivity index (χ4n) is 1.62. The molecule has 1 amide bonds. The number of nitrogens with zero attached hydrogens (tertiary/aromatic N) is 2. The van der Waals surface area contributed by atoms with E-state index in [2.05, 4.69) is 15.3 Å². The molecule has 3 heterocycles. The monoisotopic (exact) mass is 219 g/mol. The second kappa shape index (κ2) is 2.77. The first-order valence-electron chi connectivity index (χ1n) is 4.30. The van der Waals surface area contributed by atoms with Crippen molar-refractivity contribution in [3.8, 4) is 0 Å². The highest BCUT2D eigenvalue weighted by molar-refractivity contribution is 7.54. The smallest absolute Gasteiger partial charge is 0.346 e. The fourth-order valence-corrected chi connectivity index (χ4v) is 3.05. The van der Waals surface area contributed by atoms with Gasteiger partial charge in [0, 0.05) is 6.20 Å². The maximum atomic E-state index is 11.2. The maximum absolute atomic E-state index is 11.2. The van der Waals surface area contributed by atoms with Crippen molar-refractivity contribution < 1.29 is 4.79 Å². The quantitative estimate of drug-likeness (QED) is 0.720. The summed E-state index contributed by atoms with van der Waals surface area (Å²) in [5, 5.41) is 5.33. The summed E-state index contributed by atoms with van der Waals surface area (Å²) in [5.74, 6) is 0. The van der Waals surface area contributed by atoms with Gasteiger partial charge in [0.2, 0.25) is 0 Å². The van der Waals surface area contributed by atoms with E-state index in [1.165, 1.54) is 0 Å². The number of carbonyl (C=O) groups excluding carboxylic acids is 1. The van der Waals surface area contributed by atoms with Crippen molar-refractivity contribution in [1.82, 2.24) is 4.98 Å². The average molecular weight is 219 g/mol. The van der Waals surface area contributed by atoms with E-state index < -0.39 is 10.5 Å². The van der Waals surface area contributed by atoms with Crippen LogP contribution in [0.15, 0.2) is 22.6 Å². The van der Waals surface area contributed by atoms with E-state index in [1.54, 1.807) is 17.9 Å². The van der Waals surface area contributed by atoms with Crippen LogP contribution in [0.25, 0.3) is 10.2 Å². The number of aliphatic imine (C=N–C) groups is 1. The van der Waals surface area contributed by atoms with Gasteiger partial charge in [-0.15, -0.1) is 0 Å². The minimum absolute atomic E-state index is 0.368. The van der Waals surface area contributed by atoms with Crippen LogP contribution in [0.1, 0.15) is 0 Å². The van der Waals surface area contributed by atoms with Gasteiger partial charge in [-0.2, -0.15) is 0 Å². The highest BCUT2D eigenvalue weighted by Crippen LogP contribution is 2.43. The Kier molecular flexibility index (Phi) is 1.54. The Morgan fingerprint density at radius 3 is 3.20 bits per heavy atom. The van der Waals surface area contributed by atoms with E-state index in [0.29, 0.717) is 0 Å². The molecule has 1 unspecified atom stereocenters. The lowest BCUT2D eigenvalue weighted by Gasteiger charge is -2.04. The second-order valence-electron chi connectivity index (χ2n) is 3.10. The van der Waals surface area contributed by atoms with Crippen LogP contribution in [-0.4, -0.2) is 16.6 Å². The molecule has 0 fully saturated rings. The van der Waals surface area contributed by atoms with Crippen LogP contribution in [0.3, 0.4) is 0 Å². The van der Waals surface area contributed by atoms with Crippen LogP contribution in [-0.2, 0) is 0 Å². The molecule has 1 aliphatic heterocycles. The maximum Gasteiger partial charge on any atom is 0.455 e. The summed E-state index contributed by atoms with van der Waals surface area (Å²) in [4.78, 5) is 20.3. The number of primary amides is 1. The summed E-state index contributed by atoms with van der Waals surface area (Å²) < 4.78 is 0. The fraction of sp³-hybridized carbons (Fsp3) is 0. The number of nitrogens with two attached hydrogens (primary N) is 1. The molecule has 0 saturated heterocycles. The van der Waals surface area contributed by atoms with E-state index >= 15 is 0 Å². The number of aromatic nitrogens is 1. The van der Waals surface area contributed by atoms with E-state index in [0.717, 1.165) is 21.6 Å². The third-order valence-corrected chi connectivity index (χ3v) is 3.87. The molecule has 1 aliphatic rings. The molecule has 5 nitrogen and oxygen atoms in total. The molecule has 0 aromatic carbocycles. The lowest BCUT2D eigenvalue weighted by Crippen LogP contribution is -2.02. The van der Waals surface area contributed by atoms with Crippen LogP contribution in [0, 0.1) is 0 Å². The van der Waals surface area contributed by atoms with Crippen molar-refractivity contribution in [3.05, 3.63) is 17.6 Å².